The van der Waals surface area contributed by atoms with Crippen molar-refractivity contribution in [1.82, 2.24) is 15.0 Å². The Hall–Kier alpha value is -3.68. The van der Waals surface area contributed by atoms with Crippen LogP contribution >= 0.6 is 24.4 Å². The van der Waals surface area contributed by atoms with E-state index < -0.39 is 0 Å². The van der Waals surface area contributed by atoms with Crippen LogP contribution in [0, 0.1) is 0 Å². The van der Waals surface area contributed by atoms with E-state index in [2.05, 4.69) is 28.7 Å². The highest BCUT2D eigenvalue weighted by molar-refractivity contribution is 7.99. The number of aliphatic imine (C=N–C) groups is 1. The highest BCUT2D eigenvalue weighted by Gasteiger charge is 2.13. The Morgan fingerprint density at radius 3 is 2.71 bits per heavy atom. The number of thiol groups is 1. The number of fused-ring (bicyclic) bond motifs is 1. The van der Waals surface area contributed by atoms with Gasteiger partial charge in [-0.15, -0.1) is 11.8 Å². The Balaban J connectivity index is 1.46. The highest BCUT2D eigenvalue weighted by Crippen LogP contribution is 2.34. The van der Waals surface area contributed by atoms with Crippen molar-refractivity contribution in [3.63, 3.8) is 0 Å². The molecule has 2 aromatic carbocycles. The summed E-state index contributed by atoms with van der Waals surface area (Å²) in [6, 6.07) is 19.9. The molecule has 192 valence electrons. The molecule has 2 N–H and O–H groups in total. The van der Waals surface area contributed by atoms with Gasteiger partial charge in [-0.2, -0.15) is 12.6 Å². The van der Waals surface area contributed by atoms with E-state index in [0.29, 0.717) is 11.7 Å². The molecule has 0 fully saturated rings. The van der Waals surface area contributed by atoms with Gasteiger partial charge in [0.05, 0.1) is 11.2 Å². The molecule has 0 bridgehead atoms. The van der Waals surface area contributed by atoms with Crippen LogP contribution in [0.3, 0.4) is 0 Å². The number of allylic oxidation sites excluding steroid dienone is 5. The van der Waals surface area contributed by atoms with Crippen molar-refractivity contribution < 1.29 is 0 Å². The van der Waals surface area contributed by atoms with Crippen LogP contribution in [0.15, 0.2) is 114 Å². The first kappa shape index (κ1) is 27.4. The third kappa shape index (κ3) is 7.00. The van der Waals surface area contributed by atoms with E-state index in [1.807, 2.05) is 73.7 Å². The summed E-state index contributed by atoms with van der Waals surface area (Å²) in [7, 11) is 0. The van der Waals surface area contributed by atoms with Gasteiger partial charge in [0.1, 0.15) is 10.9 Å². The normalized spacial score (nSPS) is 13.2. The Morgan fingerprint density at radius 2 is 1.92 bits per heavy atom. The average Bonchev–Trinajstić information content (AvgIpc) is 2.96. The molecule has 4 rings (SSSR count). The van der Waals surface area contributed by atoms with Gasteiger partial charge in [0.2, 0.25) is 0 Å². The Labute approximate surface area is 234 Å². The van der Waals surface area contributed by atoms with Crippen LogP contribution in [-0.2, 0) is 0 Å². The van der Waals surface area contributed by atoms with Gasteiger partial charge in [-0.05, 0) is 55.3 Å². The predicted molar refractivity (Wildman–Crippen MR) is 165 cm³/mol. The fourth-order valence-electron chi connectivity index (χ4n) is 3.90. The molecule has 0 spiro atoms. The summed E-state index contributed by atoms with van der Waals surface area (Å²) >= 11 is 6.67. The lowest BCUT2D eigenvalue weighted by atomic mass is 10.1. The van der Waals surface area contributed by atoms with Crippen LogP contribution < -0.4 is 5.73 Å². The van der Waals surface area contributed by atoms with E-state index in [1.54, 1.807) is 30.2 Å². The maximum absolute atomic E-state index is 6.25. The molecular weight excluding hydrogens is 507 g/mol. The number of nitrogens with zero attached hydrogens (tertiary/aromatic N) is 4. The predicted octanol–water partition coefficient (Wildman–Crippen LogP) is 7.75. The molecule has 0 saturated carbocycles. The number of hydrogen-bond acceptors (Lipinski definition) is 6. The highest BCUT2D eigenvalue weighted by atomic mass is 32.2. The molecule has 0 aliphatic heterocycles. The summed E-state index contributed by atoms with van der Waals surface area (Å²) in [5.41, 5.74) is 10.8. The van der Waals surface area contributed by atoms with Gasteiger partial charge in [0.25, 0.3) is 0 Å². The molecule has 0 aliphatic rings. The lowest BCUT2D eigenvalue weighted by Crippen LogP contribution is -2.13. The van der Waals surface area contributed by atoms with Crippen LogP contribution in [0.1, 0.15) is 42.0 Å². The summed E-state index contributed by atoms with van der Waals surface area (Å²) in [4.78, 5) is 18.5. The van der Waals surface area contributed by atoms with Gasteiger partial charge in [-0.3, -0.25) is 4.98 Å². The molecule has 5 nitrogen and oxygen atoms in total. The summed E-state index contributed by atoms with van der Waals surface area (Å²) < 4.78 is 0. The molecule has 2 aromatic heterocycles. The van der Waals surface area contributed by atoms with Crippen LogP contribution in [0.25, 0.3) is 16.5 Å². The minimum atomic E-state index is 0.0334. The third-order valence-electron chi connectivity index (χ3n) is 5.87. The Morgan fingerprint density at radius 1 is 1.11 bits per heavy atom. The fraction of sp³-hybridized carbons (Fsp3) is 0.161. The number of thioether (sulfide) groups is 1. The summed E-state index contributed by atoms with van der Waals surface area (Å²) in [5, 5.41) is 2.07. The van der Waals surface area contributed by atoms with E-state index in [9.17, 15) is 0 Å². The van der Waals surface area contributed by atoms with Crippen molar-refractivity contribution in [2.75, 3.05) is 5.75 Å². The van der Waals surface area contributed by atoms with Gasteiger partial charge in [-0.1, -0.05) is 67.3 Å². The minimum absolute atomic E-state index is 0.0334. The van der Waals surface area contributed by atoms with Crippen LogP contribution in [0.4, 0.5) is 5.69 Å². The lowest BCUT2D eigenvalue weighted by Gasteiger charge is -2.14. The fourth-order valence-corrected chi connectivity index (χ4v) is 5.29. The Bertz CT molecular complexity index is 1480. The Kier molecular flexibility index (Phi) is 9.90. The van der Waals surface area contributed by atoms with Crippen molar-refractivity contribution in [3.05, 3.63) is 121 Å². The number of nitrogens with two attached hydrogens (primary N) is 1. The van der Waals surface area contributed by atoms with Crippen molar-refractivity contribution in [2.45, 2.75) is 30.0 Å². The molecule has 38 heavy (non-hydrogen) atoms. The van der Waals surface area contributed by atoms with E-state index in [0.717, 1.165) is 56.9 Å². The first-order valence-electron chi connectivity index (χ1n) is 12.5. The number of hydrogen-bond donors (Lipinski definition) is 2. The lowest BCUT2D eigenvalue weighted by molar-refractivity contribution is 0.789. The number of aromatic nitrogens is 3. The standard InChI is InChI=1S/C31H31N5S2/c1-3-5-12-22(4-2)30-35-27-17-9-7-15-25(27)31(36-30)38-20-11-18-28(37)24-14-6-8-16-26(24)34-29(32)23-13-10-19-33-21-23/h3-10,12-17,19,21,28,37H,2,11,18,20H2,1H3,(H2,32,34)/b5-3-,22-12+. The van der Waals surface area contributed by atoms with Crippen molar-refractivity contribution in [1.29, 1.82) is 0 Å². The second-order valence-electron chi connectivity index (χ2n) is 8.53. The summed E-state index contributed by atoms with van der Waals surface area (Å²) in [6.45, 7) is 5.93. The first-order chi connectivity index (χ1) is 18.6. The van der Waals surface area contributed by atoms with Gasteiger partial charge in [-0.25, -0.2) is 15.0 Å². The SMILES string of the molecule is C=C/C(=C\C=C/C)c1nc(SCCCC(S)c2ccccc2N=C(N)c2cccnc2)c2ccccc2n1. The van der Waals surface area contributed by atoms with E-state index in [1.165, 1.54) is 0 Å². The van der Waals surface area contributed by atoms with Crippen molar-refractivity contribution in [2.24, 2.45) is 10.7 Å². The zero-order valence-electron chi connectivity index (χ0n) is 21.4. The molecule has 1 atom stereocenters. The summed E-state index contributed by atoms with van der Waals surface area (Å²) in [6.07, 6.45) is 13.0. The molecule has 7 heteroatoms. The molecule has 0 saturated heterocycles. The number of benzene rings is 2. The van der Waals surface area contributed by atoms with Crippen LogP contribution in [0.5, 0.6) is 0 Å². The van der Waals surface area contributed by atoms with Crippen molar-refractivity contribution in [3.8, 4) is 0 Å². The topological polar surface area (TPSA) is 77.0 Å². The molecule has 0 aliphatic carbocycles. The maximum Gasteiger partial charge on any atom is 0.161 e. The first-order valence-corrected chi connectivity index (χ1v) is 14.0. The summed E-state index contributed by atoms with van der Waals surface area (Å²) in [5.74, 6) is 2.03. The molecule has 0 radical (unpaired) electrons. The maximum atomic E-state index is 6.25. The average molecular weight is 538 g/mol. The van der Waals surface area contributed by atoms with Gasteiger partial charge in [0, 0.05) is 34.2 Å². The van der Waals surface area contributed by atoms with Gasteiger partial charge in [0.15, 0.2) is 5.82 Å². The molecular formula is C31H31N5S2. The number of para-hydroxylation sites is 2. The molecule has 1 unspecified atom stereocenters. The number of pyridine rings is 1. The van der Waals surface area contributed by atoms with Crippen molar-refractivity contribution >= 4 is 52.4 Å². The second-order valence-corrected chi connectivity index (χ2v) is 10.2. The monoisotopic (exact) mass is 537 g/mol. The minimum Gasteiger partial charge on any atom is -0.383 e. The van der Waals surface area contributed by atoms with E-state index >= 15 is 0 Å². The van der Waals surface area contributed by atoms with Gasteiger partial charge >= 0.3 is 0 Å². The van der Waals surface area contributed by atoms with E-state index in [-0.39, 0.29) is 5.25 Å². The van der Waals surface area contributed by atoms with Crippen LogP contribution in [-0.4, -0.2) is 26.5 Å². The molecule has 0 amide bonds. The quantitative estimate of drug-likeness (QED) is 0.0389. The number of amidine groups is 1. The van der Waals surface area contributed by atoms with Crippen LogP contribution in [0.2, 0.25) is 0 Å². The molecule has 4 aromatic rings. The number of rotatable bonds is 11. The molecule has 2 heterocycles. The largest absolute Gasteiger partial charge is 0.383 e. The zero-order valence-corrected chi connectivity index (χ0v) is 23.1. The van der Waals surface area contributed by atoms with Gasteiger partial charge < -0.3 is 5.73 Å². The zero-order chi connectivity index (χ0) is 26.7. The third-order valence-corrected chi connectivity index (χ3v) is 7.48. The van der Waals surface area contributed by atoms with E-state index in [4.69, 9.17) is 28.3 Å². The second kappa shape index (κ2) is 13.7. The smallest absolute Gasteiger partial charge is 0.161 e.